The lowest BCUT2D eigenvalue weighted by Crippen LogP contribution is -2.43. The number of carbonyl (C=O) groups is 1. The molecule has 2 nitrogen and oxygen atoms in total. The molecule has 0 radical (unpaired) electrons. The topological polar surface area (TPSA) is 40.9 Å². The minimum Gasteiger partial charge on any atom is -0.299 e. The van der Waals surface area contributed by atoms with Gasteiger partial charge in [0, 0.05) is 11.3 Å². The summed E-state index contributed by atoms with van der Waals surface area (Å²) in [5.41, 5.74) is -0.186. The van der Waals surface area contributed by atoms with E-state index in [1.165, 1.54) is 25.7 Å². The van der Waals surface area contributed by atoms with Crippen molar-refractivity contribution < 1.29 is 4.79 Å². The Balaban J connectivity index is 1.75. The number of rotatable bonds is 2. The molecule has 4 fully saturated rings. The van der Waals surface area contributed by atoms with E-state index in [4.69, 9.17) is 0 Å². The molecule has 0 aromatic carbocycles. The standard InChI is InChI=1S/C15H21NO/c16-10-13-7-11-8-15(13,9-11)14(17)12-5-3-1-2-4-6-12/h11-13H,1-9H2. The Hall–Kier alpha value is -0.840. The second-order valence-electron chi connectivity index (χ2n) is 6.40. The Morgan fingerprint density at radius 3 is 2.35 bits per heavy atom. The molecule has 2 heteroatoms. The quantitative estimate of drug-likeness (QED) is 0.683. The normalized spacial score (nSPS) is 41.4. The molecule has 0 amide bonds. The molecule has 1 unspecified atom stereocenters. The van der Waals surface area contributed by atoms with E-state index in [9.17, 15) is 10.1 Å². The highest BCUT2D eigenvalue weighted by Gasteiger charge is 2.62. The van der Waals surface area contributed by atoms with Crippen molar-refractivity contribution in [2.45, 2.75) is 57.8 Å². The number of ketones is 1. The maximum Gasteiger partial charge on any atom is 0.143 e. The van der Waals surface area contributed by atoms with E-state index in [1.54, 1.807) is 0 Å². The van der Waals surface area contributed by atoms with Crippen LogP contribution < -0.4 is 0 Å². The van der Waals surface area contributed by atoms with Gasteiger partial charge >= 0.3 is 0 Å². The van der Waals surface area contributed by atoms with Crippen LogP contribution in [-0.2, 0) is 4.79 Å². The van der Waals surface area contributed by atoms with Gasteiger partial charge in [-0.15, -0.1) is 0 Å². The van der Waals surface area contributed by atoms with Gasteiger partial charge in [-0.1, -0.05) is 25.7 Å². The number of nitriles is 1. The van der Waals surface area contributed by atoms with Crippen LogP contribution in [0.2, 0.25) is 0 Å². The van der Waals surface area contributed by atoms with Crippen molar-refractivity contribution >= 4 is 5.78 Å². The first-order valence-corrected chi connectivity index (χ1v) is 7.20. The summed E-state index contributed by atoms with van der Waals surface area (Å²) in [4.78, 5) is 12.7. The van der Waals surface area contributed by atoms with Crippen LogP contribution in [0.4, 0.5) is 0 Å². The Morgan fingerprint density at radius 2 is 1.76 bits per heavy atom. The highest BCUT2D eigenvalue weighted by atomic mass is 16.1. The fraction of sp³-hybridized carbons (Fsp3) is 0.867. The van der Waals surface area contributed by atoms with Crippen LogP contribution in [0.15, 0.2) is 0 Å². The van der Waals surface area contributed by atoms with Crippen LogP contribution in [0.3, 0.4) is 0 Å². The zero-order chi connectivity index (χ0) is 11.9. The van der Waals surface area contributed by atoms with Gasteiger partial charge in [-0.25, -0.2) is 0 Å². The fourth-order valence-corrected chi connectivity index (χ4v) is 4.48. The van der Waals surface area contributed by atoms with Crippen molar-refractivity contribution in [3.05, 3.63) is 0 Å². The number of nitrogens with zero attached hydrogens (tertiary/aromatic N) is 1. The minimum atomic E-state index is -0.186. The number of fused-ring (bicyclic) bond motifs is 1. The van der Waals surface area contributed by atoms with Gasteiger partial charge in [0.1, 0.15) is 5.78 Å². The predicted molar refractivity (Wildman–Crippen MR) is 65.1 cm³/mol. The van der Waals surface area contributed by atoms with E-state index >= 15 is 0 Å². The summed E-state index contributed by atoms with van der Waals surface area (Å²) in [7, 11) is 0. The molecule has 4 aliphatic rings. The van der Waals surface area contributed by atoms with Crippen molar-refractivity contribution in [2.24, 2.45) is 23.2 Å². The summed E-state index contributed by atoms with van der Waals surface area (Å²) in [6.45, 7) is 0. The summed E-state index contributed by atoms with van der Waals surface area (Å²) < 4.78 is 0. The van der Waals surface area contributed by atoms with Crippen LogP contribution in [-0.4, -0.2) is 5.78 Å². The van der Waals surface area contributed by atoms with Gasteiger partial charge in [0.2, 0.25) is 0 Å². The minimum absolute atomic E-state index is 0.0447. The largest absolute Gasteiger partial charge is 0.299 e. The summed E-state index contributed by atoms with van der Waals surface area (Å²) in [6.07, 6.45) is 10.2. The average Bonchev–Trinajstić information content (AvgIpc) is 2.71. The molecule has 0 heterocycles. The van der Waals surface area contributed by atoms with E-state index in [0.717, 1.165) is 32.1 Å². The van der Waals surface area contributed by atoms with E-state index in [1.807, 2.05) is 0 Å². The Labute approximate surface area is 103 Å². The molecule has 92 valence electrons. The molecule has 0 aromatic heterocycles. The molecule has 0 aromatic rings. The monoisotopic (exact) mass is 231 g/mol. The lowest BCUT2D eigenvalue weighted by atomic mass is 9.61. The van der Waals surface area contributed by atoms with Crippen LogP contribution in [0, 0.1) is 34.5 Å². The summed E-state index contributed by atoms with van der Waals surface area (Å²) >= 11 is 0. The predicted octanol–water partition coefficient (Wildman–Crippen LogP) is 3.47. The molecular weight excluding hydrogens is 210 g/mol. The van der Waals surface area contributed by atoms with E-state index in [2.05, 4.69) is 6.07 Å². The SMILES string of the molecule is N#CC1CC2CC1(C(=O)C1CCCCCC1)C2. The summed E-state index contributed by atoms with van der Waals surface area (Å²) in [5, 5.41) is 9.23. The van der Waals surface area contributed by atoms with Gasteiger partial charge in [-0.2, -0.15) is 5.26 Å². The van der Waals surface area contributed by atoms with Crippen LogP contribution >= 0.6 is 0 Å². The smallest absolute Gasteiger partial charge is 0.143 e. The van der Waals surface area contributed by atoms with Crippen LogP contribution in [0.1, 0.15) is 57.8 Å². The molecule has 1 atom stereocenters. The van der Waals surface area contributed by atoms with Gasteiger partial charge in [0.15, 0.2) is 0 Å². The summed E-state index contributed by atoms with van der Waals surface area (Å²) in [5.74, 6) is 1.49. The second kappa shape index (κ2) is 4.12. The molecule has 2 bridgehead atoms. The van der Waals surface area contributed by atoms with Crippen LogP contribution in [0.5, 0.6) is 0 Å². The third-order valence-electron chi connectivity index (χ3n) is 5.41. The van der Waals surface area contributed by atoms with E-state index in [0.29, 0.717) is 11.7 Å². The average molecular weight is 231 g/mol. The first-order valence-electron chi connectivity index (χ1n) is 7.20. The first kappa shape index (κ1) is 11.3. The van der Waals surface area contributed by atoms with Gasteiger partial charge < -0.3 is 0 Å². The van der Waals surface area contributed by atoms with Crippen molar-refractivity contribution in [3.8, 4) is 6.07 Å². The second-order valence-corrected chi connectivity index (χ2v) is 6.40. The highest BCUT2D eigenvalue weighted by molar-refractivity contribution is 5.89. The van der Waals surface area contributed by atoms with E-state index < -0.39 is 0 Å². The molecule has 4 saturated carbocycles. The third-order valence-corrected chi connectivity index (χ3v) is 5.41. The third kappa shape index (κ3) is 1.63. The Bertz CT molecular complexity index is 354. The Kier molecular flexibility index (Phi) is 2.73. The van der Waals surface area contributed by atoms with Crippen molar-refractivity contribution in [2.75, 3.05) is 0 Å². The molecule has 4 rings (SSSR count). The molecule has 0 saturated heterocycles. The molecular formula is C15H21NO. The van der Waals surface area contributed by atoms with Gasteiger partial charge in [-0.3, -0.25) is 4.79 Å². The molecule has 17 heavy (non-hydrogen) atoms. The fourth-order valence-electron chi connectivity index (χ4n) is 4.48. The molecule has 0 N–H and O–H groups in total. The maximum absolute atomic E-state index is 12.7. The van der Waals surface area contributed by atoms with Gasteiger partial charge in [0.05, 0.1) is 12.0 Å². The lowest BCUT2D eigenvalue weighted by Gasteiger charge is -2.40. The van der Waals surface area contributed by atoms with Crippen molar-refractivity contribution in [3.63, 3.8) is 0 Å². The number of Topliss-reactive ketones (excluding diaryl/α,β-unsaturated/α-hetero) is 1. The van der Waals surface area contributed by atoms with Gasteiger partial charge in [0.25, 0.3) is 0 Å². The number of hydrogen-bond donors (Lipinski definition) is 0. The zero-order valence-electron chi connectivity index (χ0n) is 10.5. The van der Waals surface area contributed by atoms with Gasteiger partial charge in [-0.05, 0) is 38.0 Å². The van der Waals surface area contributed by atoms with Crippen molar-refractivity contribution in [1.29, 1.82) is 5.26 Å². The number of carbonyl (C=O) groups excluding carboxylic acids is 1. The highest BCUT2D eigenvalue weighted by Crippen LogP contribution is 2.63. The van der Waals surface area contributed by atoms with Crippen LogP contribution in [0.25, 0.3) is 0 Å². The maximum atomic E-state index is 12.7. The molecule has 0 aliphatic heterocycles. The number of hydrogen-bond acceptors (Lipinski definition) is 2. The first-order chi connectivity index (χ1) is 8.26. The zero-order valence-corrected chi connectivity index (χ0v) is 10.5. The van der Waals surface area contributed by atoms with Crippen molar-refractivity contribution in [1.82, 2.24) is 0 Å². The molecule has 0 spiro atoms. The Morgan fingerprint density at radius 1 is 1.12 bits per heavy atom. The molecule has 4 aliphatic carbocycles. The van der Waals surface area contributed by atoms with E-state index in [-0.39, 0.29) is 17.3 Å². The summed E-state index contributed by atoms with van der Waals surface area (Å²) in [6, 6.07) is 2.41. The lowest BCUT2D eigenvalue weighted by molar-refractivity contribution is -0.138.